The Morgan fingerprint density at radius 1 is 0.824 bits per heavy atom. The van der Waals surface area contributed by atoms with E-state index < -0.39 is 23.4 Å². The number of aromatic nitrogens is 3. The maximum Gasteiger partial charge on any atom is 0.416 e. The second kappa shape index (κ2) is 9.93. The summed E-state index contributed by atoms with van der Waals surface area (Å²) in [5, 5.41) is 9.38. The average molecular weight is 530 g/mol. The fraction of sp³-hybridized carbons (Fsp3) is 0.130. The van der Waals surface area contributed by atoms with Gasteiger partial charge in [0.25, 0.3) is 0 Å². The van der Waals surface area contributed by atoms with Gasteiger partial charge in [-0.2, -0.15) is 13.2 Å². The summed E-state index contributed by atoms with van der Waals surface area (Å²) in [6.07, 6.45) is -4.42. The lowest BCUT2D eigenvalue weighted by Crippen LogP contribution is -2.09. The highest BCUT2D eigenvalue weighted by molar-refractivity contribution is 7.98. The maximum atomic E-state index is 13.5. The Morgan fingerprint density at radius 2 is 1.53 bits per heavy atom. The normalized spacial score (nSPS) is 11.7. The molecule has 4 aromatic rings. The minimum atomic E-state index is -4.71. The first-order valence-corrected chi connectivity index (χ1v) is 11.5. The smallest absolute Gasteiger partial charge is 0.274 e. The zero-order valence-electron chi connectivity index (χ0n) is 17.1. The molecule has 1 aromatic heterocycles. The SMILES string of the molecule is Fc1ccc(-n2c(Cc3ccc(Cl)c(Cl)c3)nnc2SCc2ccc(F)cc2C(F)(F)F)cc1. The van der Waals surface area contributed by atoms with Crippen molar-refractivity contribution in [1.29, 1.82) is 0 Å². The van der Waals surface area contributed by atoms with Crippen molar-refractivity contribution in [2.75, 3.05) is 0 Å². The molecule has 0 saturated heterocycles. The van der Waals surface area contributed by atoms with Gasteiger partial charge in [-0.15, -0.1) is 10.2 Å². The average Bonchev–Trinajstić information content (AvgIpc) is 3.17. The zero-order valence-corrected chi connectivity index (χ0v) is 19.4. The van der Waals surface area contributed by atoms with Crippen LogP contribution in [0.25, 0.3) is 5.69 Å². The summed E-state index contributed by atoms with van der Waals surface area (Å²) in [5.74, 6) is -1.10. The van der Waals surface area contributed by atoms with Gasteiger partial charge < -0.3 is 0 Å². The van der Waals surface area contributed by atoms with E-state index >= 15 is 0 Å². The number of alkyl halides is 3. The van der Waals surface area contributed by atoms with Crippen molar-refractivity contribution in [2.45, 2.75) is 23.5 Å². The second-order valence-electron chi connectivity index (χ2n) is 7.22. The molecule has 0 bridgehead atoms. The van der Waals surface area contributed by atoms with E-state index in [1.54, 1.807) is 22.8 Å². The van der Waals surface area contributed by atoms with E-state index in [9.17, 15) is 22.0 Å². The molecule has 0 aliphatic carbocycles. The summed E-state index contributed by atoms with van der Waals surface area (Å²) in [7, 11) is 0. The Labute approximate surface area is 205 Å². The van der Waals surface area contributed by atoms with Crippen molar-refractivity contribution in [3.05, 3.63) is 105 Å². The number of nitrogens with zero attached hydrogens (tertiary/aromatic N) is 3. The fourth-order valence-electron chi connectivity index (χ4n) is 3.27. The molecular formula is C23H14Cl2F5N3S. The van der Waals surface area contributed by atoms with Gasteiger partial charge in [0, 0.05) is 17.9 Å². The van der Waals surface area contributed by atoms with Gasteiger partial charge in [0.2, 0.25) is 0 Å². The zero-order chi connectivity index (χ0) is 24.5. The largest absolute Gasteiger partial charge is 0.416 e. The summed E-state index contributed by atoms with van der Waals surface area (Å²) < 4.78 is 68.7. The first-order chi connectivity index (χ1) is 16.1. The highest BCUT2D eigenvalue weighted by Crippen LogP contribution is 2.36. The van der Waals surface area contributed by atoms with E-state index in [2.05, 4.69) is 10.2 Å². The van der Waals surface area contributed by atoms with Crippen molar-refractivity contribution in [3.8, 4) is 5.69 Å². The van der Waals surface area contributed by atoms with Gasteiger partial charge >= 0.3 is 6.18 Å². The Bertz CT molecular complexity index is 1320. The van der Waals surface area contributed by atoms with Gasteiger partial charge in [0.15, 0.2) is 5.16 Å². The van der Waals surface area contributed by atoms with Crippen LogP contribution in [0.4, 0.5) is 22.0 Å². The third-order valence-electron chi connectivity index (χ3n) is 4.87. The number of rotatable bonds is 6. The summed E-state index contributed by atoms with van der Waals surface area (Å²) >= 11 is 13.1. The van der Waals surface area contributed by atoms with Crippen molar-refractivity contribution < 1.29 is 22.0 Å². The highest BCUT2D eigenvalue weighted by Gasteiger charge is 2.33. The van der Waals surface area contributed by atoms with E-state index in [1.807, 2.05) is 0 Å². The van der Waals surface area contributed by atoms with Gasteiger partial charge in [-0.3, -0.25) is 4.57 Å². The molecule has 11 heteroatoms. The van der Waals surface area contributed by atoms with Crippen LogP contribution < -0.4 is 0 Å². The van der Waals surface area contributed by atoms with Crippen LogP contribution in [-0.2, 0) is 18.3 Å². The minimum absolute atomic E-state index is 0.0985. The summed E-state index contributed by atoms with van der Waals surface area (Å²) in [6, 6.07) is 13.2. The Balaban J connectivity index is 1.69. The third-order valence-corrected chi connectivity index (χ3v) is 6.58. The quantitative estimate of drug-likeness (QED) is 0.189. The van der Waals surface area contributed by atoms with Gasteiger partial charge in [0.1, 0.15) is 17.5 Å². The lowest BCUT2D eigenvalue weighted by molar-refractivity contribution is -0.138. The molecule has 34 heavy (non-hydrogen) atoms. The minimum Gasteiger partial charge on any atom is -0.274 e. The van der Waals surface area contributed by atoms with E-state index in [0.717, 1.165) is 29.5 Å². The molecule has 0 radical (unpaired) electrons. The van der Waals surface area contributed by atoms with Crippen LogP contribution in [0.15, 0.2) is 65.8 Å². The molecular weight excluding hydrogens is 516 g/mol. The van der Waals surface area contributed by atoms with Crippen LogP contribution in [0.1, 0.15) is 22.5 Å². The molecule has 0 N–H and O–H groups in total. The van der Waals surface area contributed by atoms with Crippen LogP contribution in [0.2, 0.25) is 10.0 Å². The first-order valence-electron chi connectivity index (χ1n) is 9.74. The van der Waals surface area contributed by atoms with E-state index in [0.29, 0.717) is 32.8 Å². The molecule has 3 aromatic carbocycles. The molecule has 0 amide bonds. The van der Waals surface area contributed by atoms with E-state index in [-0.39, 0.29) is 17.7 Å². The number of benzene rings is 3. The number of thioether (sulfide) groups is 1. The van der Waals surface area contributed by atoms with Crippen molar-refractivity contribution in [1.82, 2.24) is 14.8 Å². The Morgan fingerprint density at radius 3 is 2.21 bits per heavy atom. The molecule has 4 rings (SSSR count). The summed E-state index contributed by atoms with van der Waals surface area (Å²) in [4.78, 5) is 0. The fourth-order valence-corrected chi connectivity index (χ4v) is 4.57. The van der Waals surface area contributed by atoms with E-state index in [4.69, 9.17) is 23.2 Å². The van der Waals surface area contributed by atoms with Crippen molar-refractivity contribution in [3.63, 3.8) is 0 Å². The Kier molecular flexibility index (Phi) is 7.16. The topological polar surface area (TPSA) is 30.7 Å². The molecule has 1 heterocycles. The lowest BCUT2D eigenvalue weighted by Gasteiger charge is -2.14. The van der Waals surface area contributed by atoms with Crippen LogP contribution in [0, 0.1) is 11.6 Å². The molecule has 0 fully saturated rings. The van der Waals surface area contributed by atoms with Crippen molar-refractivity contribution >= 4 is 35.0 Å². The predicted octanol–water partition coefficient (Wildman–Crippen LogP) is 7.75. The molecule has 0 spiro atoms. The summed E-state index contributed by atoms with van der Waals surface area (Å²) in [6.45, 7) is 0. The molecule has 3 nitrogen and oxygen atoms in total. The first kappa shape index (κ1) is 24.5. The molecule has 176 valence electrons. The molecule has 0 unspecified atom stereocenters. The second-order valence-corrected chi connectivity index (χ2v) is 8.98. The van der Waals surface area contributed by atoms with Crippen LogP contribution >= 0.6 is 35.0 Å². The lowest BCUT2D eigenvalue weighted by atomic mass is 10.1. The van der Waals surface area contributed by atoms with E-state index in [1.165, 1.54) is 24.3 Å². The molecule has 0 aliphatic heterocycles. The van der Waals surface area contributed by atoms with Gasteiger partial charge in [-0.25, -0.2) is 8.78 Å². The Hall–Kier alpha value is -2.62. The maximum absolute atomic E-state index is 13.5. The third kappa shape index (κ3) is 5.54. The van der Waals surface area contributed by atoms with Crippen LogP contribution in [0.3, 0.4) is 0 Å². The van der Waals surface area contributed by atoms with Gasteiger partial charge in [0.05, 0.1) is 15.6 Å². The number of hydrogen-bond donors (Lipinski definition) is 0. The standard InChI is InChI=1S/C23H14Cl2F5N3S/c24-19-8-1-13(9-20(19)25)10-21-31-32-22(33(21)17-6-4-15(26)5-7-17)34-12-14-2-3-16(27)11-18(14)23(28,29)30/h1-9,11H,10,12H2. The molecule has 0 atom stereocenters. The number of halogens is 7. The number of hydrogen-bond acceptors (Lipinski definition) is 3. The van der Waals surface area contributed by atoms with Gasteiger partial charge in [-0.05, 0) is 59.7 Å². The monoisotopic (exact) mass is 529 g/mol. The van der Waals surface area contributed by atoms with Crippen LogP contribution in [-0.4, -0.2) is 14.8 Å². The highest BCUT2D eigenvalue weighted by atomic mass is 35.5. The van der Waals surface area contributed by atoms with Gasteiger partial charge in [-0.1, -0.05) is 47.1 Å². The molecule has 0 aliphatic rings. The van der Waals surface area contributed by atoms with Crippen LogP contribution in [0.5, 0.6) is 0 Å². The van der Waals surface area contributed by atoms with Crippen molar-refractivity contribution in [2.24, 2.45) is 0 Å². The summed E-state index contributed by atoms with van der Waals surface area (Å²) in [5.41, 5.74) is 0.154. The molecule has 0 saturated carbocycles. The predicted molar refractivity (Wildman–Crippen MR) is 122 cm³/mol.